The van der Waals surface area contributed by atoms with Crippen molar-refractivity contribution in [2.45, 2.75) is 90.9 Å². The van der Waals surface area contributed by atoms with Gasteiger partial charge in [0.25, 0.3) is 10.4 Å². The minimum atomic E-state index is -1.21. The molecule has 4 nitrogen and oxygen atoms in total. The fourth-order valence-corrected chi connectivity index (χ4v) is 5.02. The third kappa shape index (κ3) is 15.3. The molecule has 1 unspecified atom stereocenters. The van der Waals surface area contributed by atoms with E-state index in [0.717, 1.165) is 37.6 Å². The third-order valence-electron chi connectivity index (χ3n) is 3.86. The van der Waals surface area contributed by atoms with Gasteiger partial charge in [0, 0.05) is 5.75 Å². The van der Waals surface area contributed by atoms with Gasteiger partial charge in [-0.3, -0.25) is 10.1 Å². The lowest BCUT2D eigenvalue weighted by molar-refractivity contribution is -0.402. The number of hydrogen-bond acceptors (Lipinski definition) is 4. The Morgan fingerprint density at radius 1 is 0.917 bits per heavy atom. The summed E-state index contributed by atoms with van der Waals surface area (Å²) < 4.78 is 12.7. The molecule has 6 heteroatoms. The molecule has 0 radical (unpaired) electrons. The first-order chi connectivity index (χ1) is 11.6. The zero-order chi connectivity index (χ0) is 18.0. The van der Waals surface area contributed by atoms with Crippen molar-refractivity contribution in [1.82, 2.24) is 0 Å². The molecule has 0 N–H and O–H groups in total. The Bertz CT molecular complexity index is 338. The summed E-state index contributed by atoms with van der Waals surface area (Å²) in [6, 6.07) is 0. The fraction of sp³-hybridized carbons (Fsp3) is 0.889. The lowest BCUT2D eigenvalue weighted by Gasteiger charge is -2.11. The van der Waals surface area contributed by atoms with E-state index in [1.165, 1.54) is 63.1 Å². The van der Waals surface area contributed by atoms with Crippen LogP contribution in [0, 0.1) is 10.1 Å². The SMILES string of the molecule is CCCCCCCCSC(=C[N+](=O)[O-])[S+]([O-])CCCCCCCC. The van der Waals surface area contributed by atoms with Crippen LogP contribution in [0.5, 0.6) is 0 Å². The molecule has 0 aliphatic carbocycles. The predicted molar refractivity (Wildman–Crippen MR) is 107 cm³/mol. The van der Waals surface area contributed by atoms with Crippen LogP contribution in [0.3, 0.4) is 0 Å². The van der Waals surface area contributed by atoms with Crippen LogP contribution in [-0.2, 0) is 11.2 Å². The second-order valence-corrected chi connectivity index (χ2v) is 9.10. The number of rotatable bonds is 17. The first-order valence-corrected chi connectivity index (χ1v) is 11.8. The highest BCUT2D eigenvalue weighted by molar-refractivity contribution is 8.18. The van der Waals surface area contributed by atoms with Gasteiger partial charge in [0.2, 0.25) is 0 Å². The van der Waals surface area contributed by atoms with Crippen LogP contribution in [0.15, 0.2) is 10.4 Å². The third-order valence-corrected chi connectivity index (χ3v) is 6.87. The molecule has 0 aliphatic heterocycles. The van der Waals surface area contributed by atoms with Gasteiger partial charge in [-0.25, -0.2) is 0 Å². The summed E-state index contributed by atoms with van der Waals surface area (Å²) in [7, 11) is 0. The zero-order valence-corrected chi connectivity index (χ0v) is 17.1. The molecule has 0 bridgehead atoms. The first-order valence-electron chi connectivity index (χ1n) is 9.48. The van der Waals surface area contributed by atoms with Crippen molar-refractivity contribution in [1.29, 1.82) is 0 Å². The number of nitro groups is 1. The van der Waals surface area contributed by atoms with Crippen LogP contribution in [0.1, 0.15) is 90.9 Å². The van der Waals surface area contributed by atoms with Gasteiger partial charge in [0.15, 0.2) is 0 Å². The lowest BCUT2D eigenvalue weighted by atomic mass is 10.1. The summed E-state index contributed by atoms with van der Waals surface area (Å²) in [5.74, 6) is 1.38. The average molecular weight is 378 g/mol. The van der Waals surface area contributed by atoms with Gasteiger partial charge in [-0.15, -0.1) is 0 Å². The molecule has 0 rings (SSSR count). The summed E-state index contributed by atoms with van der Waals surface area (Å²) in [4.78, 5) is 10.3. The fourth-order valence-electron chi connectivity index (χ4n) is 2.42. The van der Waals surface area contributed by atoms with Crippen LogP contribution in [0.25, 0.3) is 0 Å². The Hall–Kier alpha value is -0.200. The van der Waals surface area contributed by atoms with Gasteiger partial charge >= 0.3 is 0 Å². The number of thioether (sulfide) groups is 1. The quantitative estimate of drug-likeness (QED) is 0.130. The van der Waals surface area contributed by atoms with E-state index in [9.17, 15) is 14.7 Å². The number of hydrogen-bond donors (Lipinski definition) is 0. The molecule has 0 aromatic heterocycles. The van der Waals surface area contributed by atoms with Crippen molar-refractivity contribution in [3.8, 4) is 0 Å². The summed E-state index contributed by atoms with van der Waals surface area (Å²) in [5.41, 5.74) is 0. The van der Waals surface area contributed by atoms with E-state index in [1.54, 1.807) is 0 Å². The van der Waals surface area contributed by atoms with Crippen LogP contribution in [-0.4, -0.2) is 21.0 Å². The Labute approximate surface area is 155 Å². The molecule has 0 saturated carbocycles. The van der Waals surface area contributed by atoms with Crippen LogP contribution >= 0.6 is 11.8 Å². The van der Waals surface area contributed by atoms with E-state index in [1.807, 2.05) is 0 Å². The predicted octanol–water partition coefficient (Wildman–Crippen LogP) is 6.26. The maximum absolute atomic E-state index is 12.3. The van der Waals surface area contributed by atoms with E-state index in [0.29, 0.717) is 9.99 Å². The molecule has 0 aromatic carbocycles. The molecule has 142 valence electrons. The normalized spacial score (nSPS) is 13.2. The standard InChI is InChI=1S/C18H35NO3S2/c1-3-5-7-9-11-13-15-23-18(17-19(20)21)24(22)16-14-12-10-8-6-4-2/h17H,3-16H2,1-2H3. The average Bonchev–Trinajstić information content (AvgIpc) is 2.55. The molecule has 0 aliphatic rings. The Morgan fingerprint density at radius 3 is 1.96 bits per heavy atom. The van der Waals surface area contributed by atoms with Gasteiger partial charge in [-0.1, -0.05) is 83.4 Å². The van der Waals surface area contributed by atoms with Crippen molar-refractivity contribution >= 4 is 22.9 Å². The van der Waals surface area contributed by atoms with Crippen LogP contribution in [0.4, 0.5) is 0 Å². The van der Waals surface area contributed by atoms with Crippen molar-refractivity contribution in [3.05, 3.63) is 20.6 Å². The van der Waals surface area contributed by atoms with Gasteiger partial charge in [-0.05, 0) is 30.4 Å². The Morgan fingerprint density at radius 2 is 1.42 bits per heavy atom. The lowest BCUT2D eigenvalue weighted by Crippen LogP contribution is -2.09. The van der Waals surface area contributed by atoms with E-state index in [4.69, 9.17) is 0 Å². The summed E-state index contributed by atoms with van der Waals surface area (Å²) >= 11 is 0.200. The van der Waals surface area contributed by atoms with Gasteiger partial charge in [0.1, 0.15) is 5.75 Å². The minimum absolute atomic E-state index is 0.446. The van der Waals surface area contributed by atoms with Crippen molar-refractivity contribution in [2.24, 2.45) is 0 Å². The Kier molecular flexibility index (Phi) is 17.5. The molecule has 0 spiro atoms. The number of nitrogens with zero attached hydrogens (tertiary/aromatic N) is 1. The molecule has 0 saturated heterocycles. The van der Waals surface area contributed by atoms with Crippen LogP contribution in [0.2, 0.25) is 0 Å². The molecule has 0 aromatic rings. The Balaban J connectivity index is 3.96. The summed E-state index contributed by atoms with van der Waals surface area (Å²) in [5, 5.41) is 10.8. The number of unbranched alkanes of at least 4 members (excludes halogenated alkanes) is 10. The monoisotopic (exact) mass is 377 g/mol. The largest absolute Gasteiger partial charge is 0.611 e. The summed E-state index contributed by atoms with van der Waals surface area (Å²) in [6.45, 7) is 4.38. The van der Waals surface area contributed by atoms with Crippen molar-refractivity contribution < 1.29 is 9.48 Å². The van der Waals surface area contributed by atoms with Crippen LogP contribution < -0.4 is 0 Å². The van der Waals surface area contributed by atoms with E-state index >= 15 is 0 Å². The zero-order valence-electron chi connectivity index (χ0n) is 15.5. The highest BCUT2D eigenvalue weighted by atomic mass is 32.3. The topological polar surface area (TPSA) is 66.2 Å². The van der Waals surface area contributed by atoms with E-state index < -0.39 is 16.1 Å². The minimum Gasteiger partial charge on any atom is -0.611 e. The molecule has 0 heterocycles. The molecule has 1 atom stereocenters. The molecule has 0 amide bonds. The highest BCUT2D eigenvalue weighted by Crippen LogP contribution is 2.25. The maximum Gasteiger partial charge on any atom is 0.295 e. The molecular formula is C18H35NO3S2. The smallest absolute Gasteiger partial charge is 0.295 e. The first kappa shape index (κ1) is 23.8. The van der Waals surface area contributed by atoms with Crippen molar-refractivity contribution in [3.63, 3.8) is 0 Å². The van der Waals surface area contributed by atoms with E-state index in [-0.39, 0.29) is 0 Å². The molecule has 0 fully saturated rings. The molecular weight excluding hydrogens is 342 g/mol. The summed E-state index contributed by atoms with van der Waals surface area (Å²) in [6.07, 6.45) is 15.0. The van der Waals surface area contributed by atoms with Crippen molar-refractivity contribution in [2.75, 3.05) is 11.5 Å². The second kappa shape index (κ2) is 17.6. The maximum atomic E-state index is 12.3. The van der Waals surface area contributed by atoms with Gasteiger partial charge in [0.05, 0.1) is 4.92 Å². The van der Waals surface area contributed by atoms with Gasteiger partial charge in [-0.2, -0.15) is 0 Å². The van der Waals surface area contributed by atoms with Gasteiger partial charge < -0.3 is 4.55 Å². The second-order valence-electron chi connectivity index (χ2n) is 6.17. The van der Waals surface area contributed by atoms with E-state index in [2.05, 4.69) is 13.8 Å². The molecule has 24 heavy (non-hydrogen) atoms. The highest BCUT2D eigenvalue weighted by Gasteiger charge is 2.19.